The van der Waals surface area contributed by atoms with Crippen molar-refractivity contribution in [3.05, 3.63) is 89.7 Å². The van der Waals surface area contributed by atoms with Crippen LogP contribution in [0.3, 0.4) is 0 Å². The van der Waals surface area contributed by atoms with Crippen molar-refractivity contribution in [1.82, 2.24) is 10.3 Å². The predicted octanol–water partition coefficient (Wildman–Crippen LogP) is 2.89. The second kappa shape index (κ2) is 8.62. The zero-order chi connectivity index (χ0) is 19.1. The Morgan fingerprint density at radius 1 is 0.889 bits per heavy atom. The molecule has 1 aromatic heterocycles. The minimum atomic E-state index is -0.218. The van der Waals surface area contributed by atoms with Gasteiger partial charge in [-0.25, -0.2) is 0 Å². The summed E-state index contributed by atoms with van der Waals surface area (Å²) in [5, 5.41) is 5.65. The normalized spacial score (nSPS) is 10.2. The van der Waals surface area contributed by atoms with Crippen molar-refractivity contribution in [2.45, 2.75) is 6.42 Å². The summed E-state index contributed by atoms with van der Waals surface area (Å²) in [4.78, 5) is 28.2. The monoisotopic (exact) mass is 360 g/mol. The fourth-order valence-electron chi connectivity index (χ4n) is 2.55. The molecule has 3 aromatic rings. The van der Waals surface area contributed by atoms with Crippen LogP contribution >= 0.6 is 0 Å². The number of benzene rings is 2. The molecule has 0 saturated heterocycles. The number of aromatic nitrogens is 1. The molecule has 0 fully saturated rings. The maximum atomic E-state index is 12.3. The van der Waals surface area contributed by atoms with Crippen molar-refractivity contribution < 1.29 is 9.59 Å². The lowest BCUT2D eigenvalue weighted by Gasteiger charge is -2.09. The highest BCUT2D eigenvalue weighted by molar-refractivity contribution is 6.05. The molecule has 0 saturated carbocycles. The van der Waals surface area contributed by atoms with Gasteiger partial charge in [-0.15, -0.1) is 0 Å². The number of carbonyl (C=O) groups excluding carboxylic acids is 2. The van der Waals surface area contributed by atoms with E-state index in [-0.39, 0.29) is 11.8 Å². The van der Waals surface area contributed by atoms with E-state index in [9.17, 15) is 9.59 Å². The third-order valence-electron chi connectivity index (χ3n) is 4.05. The van der Waals surface area contributed by atoms with E-state index in [0.29, 0.717) is 35.5 Å². The van der Waals surface area contributed by atoms with Crippen LogP contribution in [0.15, 0.2) is 73.1 Å². The molecule has 136 valence electrons. The molecule has 27 heavy (non-hydrogen) atoms. The number of nitrogen functional groups attached to an aromatic ring is 1. The van der Waals surface area contributed by atoms with Crippen LogP contribution in [-0.2, 0) is 6.42 Å². The molecule has 2 aromatic carbocycles. The molecule has 0 aliphatic rings. The molecule has 2 amide bonds. The van der Waals surface area contributed by atoms with Crippen LogP contribution in [0.2, 0.25) is 0 Å². The number of para-hydroxylation sites is 2. The third kappa shape index (κ3) is 4.92. The van der Waals surface area contributed by atoms with E-state index < -0.39 is 0 Å². The van der Waals surface area contributed by atoms with E-state index in [1.54, 1.807) is 42.6 Å². The number of nitrogens with one attached hydrogen (secondary N) is 2. The molecule has 0 aliphatic heterocycles. The maximum Gasteiger partial charge on any atom is 0.255 e. The van der Waals surface area contributed by atoms with Crippen LogP contribution in [0.1, 0.15) is 26.3 Å². The Labute approximate surface area is 157 Å². The second-order valence-corrected chi connectivity index (χ2v) is 5.99. The topological polar surface area (TPSA) is 97.1 Å². The molecule has 4 N–H and O–H groups in total. The van der Waals surface area contributed by atoms with Gasteiger partial charge >= 0.3 is 0 Å². The third-order valence-corrected chi connectivity index (χ3v) is 4.05. The Morgan fingerprint density at radius 2 is 1.67 bits per heavy atom. The smallest absolute Gasteiger partial charge is 0.255 e. The number of amides is 2. The van der Waals surface area contributed by atoms with Crippen LogP contribution in [0.25, 0.3) is 0 Å². The molecular formula is C21H20N4O2. The van der Waals surface area contributed by atoms with Crippen LogP contribution in [-0.4, -0.2) is 23.3 Å². The molecule has 0 aliphatic carbocycles. The van der Waals surface area contributed by atoms with Crippen LogP contribution in [0.5, 0.6) is 0 Å². The molecule has 3 rings (SSSR count). The Balaban J connectivity index is 1.52. The number of anilines is 2. The quantitative estimate of drug-likeness (QED) is 0.589. The zero-order valence-electron chi connectivity index (χ0n) is 14.7. The summed E-state index contributed by atoms with van der Waals surface area (Å²) >= 11 is 0. The first kappa shape index (κ1) is 18.1. The van der Waals surface area contributed by atoms with Gasteiger partial charge in [0.1, 0.15) is 0 Å². The molecule has 0 spiro atoms. The van der Waals surface area contributed by atoms with Gasteiger partial charge in [-0.05, 0) is 48.4 Å². The Bertz CT molecular complexity index is 924. The fourth-order valence-corrected chi connectivity index (χ4v) is 2.55. The summed E-state index contributed by atoms with van der Waals surface area (Å²) in [7, 11) is 0. The Kier molecular flexibility index (Phi) is 5.79. The number of carbonyl (C=O) groups is 2. The minimum absolute atomic E-state index is 0.153. The summed E-state index contributed by atoms with van der Waals surface area (Å²) in [6.45, 7) is 0.500. The zero-order valence-corrected chi connectivity index (χ0v) is 14.7. The van der Waals surface area contributed by atoms with Gasteiger partial charge < -0.3 is 16.4 Å². The number of hydrogen-bond donors (Lipinski definition) is 3. The summed E-state index contributed by atoms with van der Waals surface area (Å²) in [5.74, 6) is -0.371. The van der Waals surface area contributed by atoms with Crippen LogP contribution < -0.4 is 16.4 Å². The molecule has 6 nitrogen and oxygen atoms in total. The first-order chi connectivity index (χ1) is 13.1. The van der Waals surface area contributed by atoms with Crippen molar-refractivity contribution in [3.8, 4) is 0 Å². The van der Waals surface area contributed by atoms with Crippen molar-refractivity contribution in [2.24, 2.45) is 0 Å². The van der Waals surface area contributed by atoms with Gasteiger partial charge in [-0.2, -0.15) is 0 Å². The SMILES string of the molecule is Nc1ccccc1NC(=O)c1ccc(CCNC(=O)c2cccnc2)cc1. The predicted molar refractivity (Wildman–Crippen MR) is 106 cm³/mol. The summed E-state index contributed by atoms with van der Waals surface area (Å²) < 4.78 is 0. The largest absolute Gasteiger partial charge is 0.397 e. The van der Waals surface area contributed by atoms with Gasteiger partial charge in [0.2, 0.25) is 0 Å². The highest BCUT2D eigenvalue weighted by Gasteiger charge is 2.08. The lowest BCUT2D eigenvalue weighted by Crippen LogP contribution is -2.25. The highest BCUT2D eigenvalue weighted by Crippen LogP contribution is 2.18. The lowest BCUT2D eigenvalue weighted by atomic mass is 10.1. The number of nitrogens with zero attached hydrogens (tertiary/aromatic N) is 1. The van der Waals surface area contributed by atoms with Crippen LogP contribution in [0.4, 0.5) is 11.4 Å². The molecule has 6 heteroatoms. The van der Waals surface area contributed by atoms with E-state index in [1.807, 2.05) is 24.3 Å². The number of rotatable bonds is 6. The van der Waals surface area contributed by atoms with Crippen LogP contribution in [0, 0.1) is 0 Å². The lowest BCUT2D eigenvalue weighted by molar-refractivity contribution is 0.0953. The standard InChI is InChI=1S/C21H20N4O2/c22-18-5-1-2-6-19(18)25-21(27)16-9-7-15(8-10-16)11-13-24-20(26)17-4-3-12-23-14-17/h1-10,12,14H,11,13,22H2,(H,24,26)(H,25,27). The van der Waals surface area contributed by atoms with Gasteiger partial charge in [0.15, 0.2) is 0 Å². The molecule has 0 atom stereocenters. The second-order valence-electron chi connectivity index (χ2n) is 5.99. The van der Waals surface area contributed by atoms with Crippen molar-refractivity contribution >= 4 is 23.2 Å². The van der Waals surface area contributed by atoms with Gasteiger partial charge in [0, 0.05) is 24.5 Å². The Hall–Kier alpha value is -3.67. The first-order valence-corrected chi connectivity index (χ1v) is 8.56. The molecule has 0 unspecified atom stereocenters. The van der Waals surface area contributed by atoms with E-state index in [2.05, 4.69) is 15.6 Å². The van der Waals surface area contributed by atoms with Gasteiger partial charge in [-0.3, -0.25) is 14.6 Å². The summed E-state index contributed by atoms with van der Waals surface area (Å²) in [6.07, 6.45) is 3.82. The van der Waals surface area contributed by atoms with E-state index in [4.69, 9.17) is 5.73 Å². The average molecular weight is 360 g/mol. The van der Waals surface area contributed by atoms with Crippen molar-refractivity contribution in [3.63, 3.8) is 0 Å². The molecular weight excluding hydrogens is 340 g/mol. The fraction of sp³-hybridized carbons (Fsp3) is 0.0952. The summed E-state index contributed by atoms with van der Waals surface area (Å²) in [6, 6.07) is 17.8. The van der Waals surface area contributed by atoms with E-state index in [1.165, 1.54) is 6.20 Å². The molecule has 0 bridgehead atoms. The summed E-state index contributed by atoms with van der Waals surface area (Å²) in [5.41, 5.74) is 9.05. The van der Waals surface area contributed by atoms with Gasteiger partial charge in [0.25, 0.3) is 11.8 Å². The Morgan fingerprint density at radius 3 is 2.37 bits per heavy atom. The van der Waals surface area contributed by atoms with Crippen molar-refractivity contribution in [1.29, 1.82) is 0 Å². The highest BCUT2D eigenvalue weighted by atomic mass is 16.2. The minimum Gasteiger partial charge on any atom is -0.397 e. The first-order valence-electron chi connectivity index (χ1n) is 8.56. The molecule has 1 heterocycles. The number of pyridine rings is 1. The van der Waals surface area contributed by atoms with E-state index in [0.717, 1.165) is 5.56 Å². The maximum absolute atomic E-state index is 12.3. The van der Waals surface area contributed by atoms with E-state index >= 15 is 0 Å². The number of hydrogen-bond acceptors (Lipinski definition) is 4. The average Bonchev–Trinajstić information content (AvgIpc) is 2.71. The molecule has 0 radical (unpaired) electrons. The van der Waals surface area contributed by atoms with Crippen molar-refractivity contribution in [2.75, 3.05) is 17.6 Å². The van der Waals surface area contributed by atoms with Gasteiger partial charge in [-0.1, -0.05) is 24.3 Å². The number of nitrogens with two attached hydrogens (primary N) is 1. The van der Waals surface area contributed by atoms with Gasteiger partial charge in [0.05, 0.1) is 16.9 Å².